The summed E-state index contributed by atoms with van der Waals surface area (Å²) in [5.41, 5.74) is 0. The number of rotatable bonds is 4. The Bertz CT molecular complexity index is 839. The molecule has 2 aromatic rings. The second kappa shape index (κ2) is 5.91. The fourth-order valence-corrected chi connectivity index (χ4v) is 4.19. The fourth-order valence-electron chi connectivity index (χ4n) is 1.80. The third-order valence-corrected chi connectivity index (χ3v) is 6.76. The van der Waals surface area contributed by atoms with Crippen molar-refractivity contribution in [2.75, 3.05) is 0 Å². The van der Waals surface area contributed by atoms with Gasteiger partial charge >= 0.3 is 7.72 Å². The lowest BCUT2D eigenvalue weighted by Crippen LogP contribution is -2.21. The van der Waals surface area contributed by atoms with Crippen LogP contribution in [0.5, 0.6) is 0 Å². The highest BCUT2D eigenvalue weighted by atomic mass is 32.2. The Kier molecular flexibility index (Phi) is 4.62. The molecule has 0 bridgehead atoms. The smallest absolute Gasteiger partial charge is 0.282 e. The van der Waals surface area contributed by atoms with Gasteiger partial charge in [-0.05, 0) is 48.5 Å². The lowest BCUT2D eigenvalue weighted by molar-refractivity contribution is 0.477. The third-order valence-electron chi connectivity index (χ3n) is 2.99. The van der Waals surface area contributed by atoms with E-state index < -0.39 is 37.7 Å². The summed E-state index contributed by atoms with van der Waals surface area (Å²) in [6, 6.07) is 8.58. The molecule has 0 fully saturated rings. The number of hydrogen-bond acceptors (Lipinski definition) is 6. The van der Waals surface area contributed by atoms with Gasteiger partial charge in [0.1, 0.15) is 0 Å². The maximum absolute atomic E-state index is 11.0. The van der Waals surface area contributed by atoms with Crippen LogP contribution >= 0.6 is 7.72 Å². The molecule has 0 aliphatic carbocycles. The topological polar surface area (TPSA) is 149 Å². The van der Waals surface area contributed by atoms with Gasteiger partial charge in [0.05, 0.1) is 9.79 Å². The zero-order valence-corrected chi connectivity index (χ0v) is 13.8. The van der Waals surface area contributed by atoms with Crippen molar-refractivity contribution in [3.8, 4) is 0 Å². The molecule has 0 atom stereocenters. The maximum atomic E-state index is 11.0. The van der Waals surface area contributed by atoms with Crippen LogP contribution in [0.1, 0.15) is 0 Å². The highest BCUT2D eigenvalue weighted by molar-refractivity contribution is 7.86. The quantitative estimate of drug-likeness (QED) is 0.427. The Morgan fingerprint density at radius 3 is 1.09 bits per heavy atom. The summed E-state index contributed by atoms with van der Waals surface area (Å²) >= 11 is 0. The molecule has 23 heavy (non-hydrogen) atoms. The minimum atomic E-state index is -4.40. The molecule has 0 saturated heterocycles. The number of hydrogen-bond donors (Lipinski definition) is 4. The summed E-state index contributed by atoms with van der Waals surface area (Å²) in [4.78, 5) is 19.8. The van der Waals surface area contributed by atoms with E-state index in [0.29, 0.717) is 0 Å². The lowest BCUT2D eigenvalue weighted by Gasteiger charge is -2.12. The van der Waals surface area contributed by atoms with Gasteiger partial charge in [-0.15, -0.1) is 0 Å². The highest BCUT2D eigenvalue weighted by Crippen LogP contribution is 2.47. The Balaban J connectivity index is 2.42. The molecule has 124 valence electrons. The van der Waals surface area contributed by atoms with E-state index in [1.54, 1.807) is 0 Å². The van der Waals surface area contributed by atoms with E-state index in [9.17, 15) is 26.6 Å². The van der Waals surface area contributed by atoms with Crippen LogP contribution in [-0.2, 0) is 20.2 Å². The second-order valence-electron chi connectivity index (χ2n) is 4.54. The standard InChI is InChI=1S/C12H11O8PS2/c13-21(14,9-1-5-11(6-2-9)22(15,16)17)10-3-7-12(8-4-10)23(18,19)20/h1-8,13-14H,(H-,15,16,17,18,19,20)/p+1. The van der Waals surface area contributed by atoms with Crippen LogP contribution in [0.15, 0.2) is 58.3 Å². The first-order valence-corrected chi connectivity index (χ1v) is 10.5. The van der Waals surface area contributed by atoms with Crippen LogP contribution in [0.25, 0.3) is 0 Å². The molecular formula is C12H12O8PS2+. The van der Waals surface area contributed by atoms with Crippen molar-refractivity contribution < 1.29 is 35.7 Å². The van der Waals surface area contributed by atoms with Gasteiger partial charge in [0.2, 0.25) is 0 Å². The predicted octanol–water partition coefficient (Wildman–Crippen LogP) is -0.0370. The molecule has 11 heteroatoms. The van der Waals surface area contributed by atoms with Crippen molar-refractivity contribution in [3.05, 3.63) is 48.5 Å². The van der Waals surface area contributed by atoms with Crippen LogP contribution in [0.3, 0.4) is 0 Å². The normalized spacial score (nSPS) is 13.0. The number of benzene rings is 2. The van der Waals surface area contributed by atoms with Gasteiger partial charge in [0.15, 0.2) is 10.6 Å². The van der Waals surface area contributed by atoms with Crippen molar-refractivity contribution >= 4 is 38.6 Å². The van der Waals surface area contributed by atoms with Gasteiger partial charge in [-0.2, -0.15) is 16.8 Å². The van der Waals surface area contributed by atoms with Crippen LogP contribution in [-0.4, -0.2) is 35.7 Å². The van der Waals surface area contributed by atoms with Gasteiger partial charge in [-0.1, -0.05) is 0 Å². The molecule has 0 unspecified atom stereocenters. The molecule has 0 saturated carbocycles. The highest BCUT2D eigenvalue weighted by Gasteiger charge is 2.40. The van der Waals surface area contributed by atoms with E-state index in [4.69, 9.17) is 9.11 Å². The summed E-state index contributed by atoms with van der Waals surface area (Å²) in [6.45, 7) is 0. The molecule has 0 aromatic heterocycles. The molecule has 0 heterocycles. The van der Waals surface area contributed by atoms with Gasteiger partial charge in [0.25, 0.3) is 20.2 Å². The zero-order valence-electron chi connectivity index (χ0n) is 11.3. The van der Waals surface area contributed by atoms with E-state index in [2.05, 4.69) is 0 Å². The van der Waals surface area contributed by atoms with Crippen molar-refractivity contribution in [2.24, 2.45) is 0 Å². The molecule has 8 nitrogen and oxygen atoms in total. The molecule has 0 amide bonds. The van der Waals surface area contributed by atoms with Gasteiger partial charge < -0.3 is 0 Å². The summed E-state index contributed by atoms with van der Waals surface area (Å²) < 4.78 is 61.6. The molecule has 2 rings (SSSR count). The minimum Gasteiger partial charge on any atom is -0.282 e. The van der Waals surface area contributed by atoms with E-state index in [1.165, 1.54) is 0 Å². The Morgan fingerprint density at radius 2 is 0.870 bits per heavy atom. The summed E-state index contributed by atoms with van der Waals surface area (Å²) in [5, 5.41) is 0.00834. The third kappa shape index (κ3) is 3.93. The molecule has 0 spiro atoms. The summed E-state index contributed by atoms with van der Waals surface area (Å²) in [6.07, 6.45) is 0. The first kappa shape index (κ1) is 18.0. The first-order chi connectivity index (χ1) is 10.4. The molecule has 0 aliphatic heterocycles. The average Bonchev–Trinajstić information content (AvgIpc) is 2.46. The van der Waals surface area contributed by atoms with Crippen molar-refractivity contribution in [2.45, 2.75) is 9.79 Å². The minimum absolute atomic E-state index is 0.00417. The van der Waals surface area contributed by atoms with Crippen LogP contribution in [0.4, 0.5) is 0 Å². The SMILES string of the molecule is O=S(=O)(O)c1ccc([P+](O)(O)c2ccc(S(=O)(=O)O)cc2)cc1. The molecule has 0 radical (unpaired) electrons. The van der Waals surface area contributed by atoms with Crippen LogP contribution in [0.2, 0.25) is 0 Å². The van der Waals surface area contributed by atoms with Crippen LogP contribution < -0.4 is 10.6 Å². The van der Waals surface area contributed by atoms with Crippen molar-refractivity contribution in [3.63, 3.8) is 0 Å². The van der Waals surface area contributed by atoms with E-state index >= 15 is 0 Å². The van der Waals surface area contributed by atoms with E-state index in [0.717, 1.165) is 48.5 Å². The van der Waals surface area contributed by atoms with Gasteiger partial charge in [-0.3, -0.25) is 9.11 Å². The van der Waals surface area contributed by atoms with Crippen molar-refractivity contribution in [1.82, 2.24) is 0 Å². The molecule has 4 N–H and O–H groups in total. The summed E-state index contributed by atoms with van der Waals surface area (Å²) in [7, 11) is -12.6. The average molecular weight is 379 g/mol. The second-order valence-corrected chi connectivity index (χ2v) is 9.62. The van der Waals surface area contributed by atoms with E-state index in [1.807, 2.05) is 0 Å². The van der Waals surface area contributed by atoms with Gasteiger partial charge in [0, 0.05) is 0 Å². The molecule has 2 aromatic carbocycles. The summed E-state index contributed by atoms with van der Waals surface area (Å²) in [5.74, 6) is 0. The fraction of sp³-hybridized carbons (Fsp3) is 0. The Hall–Kier alpha value is -1.39. The van der Waals surface area contributed by atoms with Crippen molar-refractivity contribution in [1.29, 1.82) is 0 Å². The van der Waals surface area contributed by atoms with E-state index in [-0.39, 0.29) is 10.6 Å². The monoisotopic (exact) mass is 379 g/mol. The maximum Gasteiger partial charge on any atom is 0.333 e. The largest absolute Gasteiger partial charge is 0.333 e. The zero-order chi connectivity index (χ0) is 17.5. The Morgan fingerprint density at radius 1 is 0.609 bits per heavy atom. The molecular weight excluding hydrogens is 367 g/mol. The Labute approximate surface area is 133 Å². The first-order valence-electron chi connectivity index (χ1n) is 5.93. The predicted molar refractivity (Wildman–Crippen MR) is 83.1 cm³/mol. The van der Waals surface area contributed by atoms with Gasteiger partial charge in [-0.25, -0.2) is 9.79 Å². The lowest BCUT2D eigenvalue weighted by atomic mass is 10.4. The van der Waals surface area contributed by atoms with Crippen LogP contribution in [0, 0.1) is 0 Å². The molecule has 0 aliphatic rings.